The van der Waals surface area contributed by atoms with Crippen molar-refractivity contribution in [3.05, 3.63) is 0 Å². The van der Waals surface area contributed by atoms with Crippen molar-refractivity contribution < 1.29 is 0 Å². The molecule has 0 fully saturated rings. The molecule has 0 nitrogen and oxygen atoms in total. The van der Waals surface area contributed by atoms with Crippen LogP contribution in [0.3, 0.4) is 0 Å². The van der Waals surface area contributed by atoms with Crippen LogP contribution in [-0.2, 0) is 0 Å². The smallest absolute Gasteiger partial charge is 0.0300 e. The quantitative estimate of drug-likeness (QED) is 0.482. The molecule has 0 spiro atoms. The summed E-state index contributed by atoms with van der Waals surface area (Å²) in [4.78, 5) is 0. The van der Waals surface area contributed by atoms with E-state index in [9.17, 15) is 0 Å². The van der Waals surface area contributed by atoms with E-state index in [1.165, 1.54) is 32.1 Å². The molecule has 3 atom stereocenters. The van der Waals surface area contributed by atoms with Crippen LogP contribution >= 0.6 is 0 Å². The van der Waals surface area contributed by atoms with Crippen molar-refractivity contribution in [3.63, 3.8) is 0 Å². The van der Waals surface area contributed by atoms with Crippen LogP contribution in [0.1, 0.15) is 80.6 Å². The Morgan fingerprint density at radius 1 is 0.812 bits per heavy atom. The summed E-state index contributed by atoms with van der Waals surface area (Å²) in [6.07, 6.45) is 6.69. The SMILES string of the molecule is CCC(C)C(CC)C(CC)C(C)(CC)CC. The molecule has 3 unspecified atom stereocenters. The van der Waals surface area contributed by atoms with E-state index in [4.69, 9.17) is 0 Å². The van der Waals surface area contributed by atoms with Gasteiger partial charge in [0.2, 0.25) is 0 Å². The fourth-order valence-electron chi connectivity index (χ4n) is 3.47. The number of rotatable bonds is 8. The summed E-state index contributed by atoms with van der Waals surface area (Å²) in [7, 11) is 0. The molecule has 0 N–H and O–H groups in total. The molecule has 0 aliphatic carbocycles. The highest BCUT2D eigenvalue weighted by Crippen LogP contribution is 2.45. The molecule has 0 heterocycles. The van der Waals surface area contributed by atoms with Crippen LogP contribution in [-0.4, -0.2) is 0 Å². The van der Waals surface area contributed by atoms with Crippen LogP contribution in [0.25, 0.3) is 0 Å². The van der Waals surface area contributed by atoms with Crippen molar-refractivity contribution >= 4 is 0 Å². The maximum absolute atomic E-state index is 2.51. The van der Waals surface area contributed by atoms with Crippen LogP contribution < -0.4 is 0 Å². The molecule has 0 bridgehead atoms. The Kier molecular flexibility index (Phi) is 7.35. The zero-order valence-corrected chi connectivity index (χ0v) is 12.8. The minimum absolute atomic E-state index is 0.554. The Hall–Kier alpha value is 0. The van der Waals surface area contributed by atoms with Crippen molar-refractivity contribution in [1.29, 1.82) is 0 Å². The van der Waals surface area contributed by atoms with E-state index in [0.717, 1.165) is 17.8 Å². The zero-order valence-electron chi connectivity index (χ0n) is 12.8. The largest absolute Gasteiger partial charge is 0.0651 e. The Morgan fingerprint density at radius 2 is 1.31 bits per heavy atom. The van der Waals surface area contributed by atoms with Crippen molar-refractivity contribution in [2.45, 2.75) is 80.6 Å². The van der Waals surface area contributed by atoms with Gasteiger partial charge in [-0.15, -0.1) is 0 Å². The van der Waals surface area contributed by atoms with Gasteiger partial charge in [-0.25, -0.2) is 0 Å². The van der Waals surface area contributed by atoms with Gasteiger partial charge in [-0.3, -0.25) is 0 Å². The van der Waals surface area contributed by atoms with Gasteiger partial charge in [0.25, 0.3) is 0 Å². The van der Waals surface area contributed by atoms with Gasteiger partial charge in [0.05, 0.1) is 0 Å². The van der Waals surface area contributed by atoms with Gasteiger partial charge in [0.1, 0.15) is 0 Å². The first-order chi connectivity index (χ1) is 7.50. The van der Waals surface area contributed by atoms with Crippen molar-refractivity contribution in [2.24, 2.45) is 23.2 Å². The van der Waals surface area contributed by atoms with E-state index in [2.05, 4.69) is 48.5 Å². The molecule has 0 rings (SSSR count). The first kappa shape index (κ1) is 16.0. The van der Waals surface area contributed by atoms with Crippen LogP contribution in [0.4, 0.5) is 0 Å². The Bertz CT molecular complexity index is 167. The van der Waals surface area contributed by atoms with Crippen molar-refractivity contribution in [3.8, 4) is 0 Å². The van der Waals surface area contributed by atoms with E-state index in [-0.39, 0.29) is 0 Å². The third kappa shape index (κ3) is 3.50. The normalized spacial score (nSPS) is 18.2. The second kappa shape index (κ2) is 7.35. The first-order valence-electron chi connectivity index (χ1n) is 7.50. The predicted molar refractivity (Wildman–Crippen MR) is 75.7 cm³/mol. The standard InChI is InChI=1S/C16H34/c1-8-13(6)14(9-2)15(10-3)16(7,11-4)12-5/h13-15H,8-12H2,1-7H3. The third-order valence-corrected chi connectivity index (χ3v) is 5.31. The summed E-state index contributed by atoms with van der Waals surface area (Å²) in [5.74, 6) is 2.70. The van der Waals surface area contributed by atoms with E-state index < -0.39 is 0 Å². The Balaban J connectivity index is 4.92. The van der Waals surface area contributed by atoms with Gasteiger partial charge in [-0.05, 0) is 23.2 Å². The third-order valence-electron chi connectivity index (χ3n) is 5.31. The van der Waals surface area contributed by atoms with Crippen LogP contribution in [0.2, 0.25) is 0 Å². The maximum atomic E-state index is 2.51. The fraction of sp³-hybridized carbons (Fsp3) is 1.00. The van der Waals surface area contributed by atoms with Gasteiger partial charge in [0, 0.05) is 0 Å². The van der Waals surface area contributed by atoms with Gasteiger partial charge in [-0.1, -0.05) is 80.6 Å². The van der Waals surface area contributed by atoms with E-state index >= 15 is 0 Å². The topological polar surface area (TPSA) is 0 Å². The molecule has 0 aromatic rings. The molecule has 0 radical (unpaired) electrons. The molecule has 0 heteroatoms. The van der Waals surface area contributed by atoms with Crippen LogP contribution in [0.5, 0.6) is 0 Å². The molecule has 98 valence electrons. The van der Waals surface area contributed by atoms with Gasteiger partial charge < -0.3 is 0 Å². The molecule has 0 aliphatic rings. The average molecular weight is 226 g/mol. The number of hydrogen-bond acceptors (Lipinski definition) is 0. The molecule has 0 amide bonds. The maximum Gasteiger partial charge on any atom is -0.0300 e. The van der Waals surface area contributed by atoms with Gasteiger partial charge >= 0.3 is 0 Å². The van der Waals surface area contributed by atoms with Crippen molar-refractivity contribution in [2.75, 3.05) is 0 Å². The lowest BCUT2D eigenvalue weighted by Gasteiger charge is -2.43. The second-order valence-electron chi connectivity index (χ2n) is 5.83. The minimum atomic E-state index is 0.554. The molecule has 0 saturated carbocycles. The molecular weight excluding hydrogens is 192 g/mol. The summed E-state index contributed by atoms with van der Waals surface area (Å²) >= 11 is 0. The minimum Gasteiger partial charge on any atom is -0.0651 e. The van der Waals surface area contributed by atoms with Gasteiger partial charge in [0.15, 0.2) is 0 Å². The summed E-state index contributed by atoms with van der Waals surface area (Å²) in [6, 6.07) is 0. The Morgan fingerprint density at radius 3 is 1.56 bits per heavy atom. The van der Waals surface area contributed by atoms with Gasteiger partial charge in [-0.2, -0.15) is 0 Å². The van der Waals surface area contributed by atoms with Crippen LogP contribution in [0.15, 0.2) is 0 Å². The number of hydrogen-bond donors (Lipinski definition) is 0. The van der Waals surface area contributed by atoms with E-state index in [0.29, 0.717) is 5.41 Å². The average Bonchev–Trinajstić information content (AvgIpc) is 2.33. The zero-order chi connectivity index (χ0) is 12.8. The summed E-state index contributed by atoms with van der Waals surface area (Å²) < 4.78 is 0. The highest BCUT2D eigenvalue weighted by atomic mass is 14.4. The first-order valence-corrected chi connectivity index (χ1v) is 7.50. The summed E-state index contributed by atoms with van der Waals surface area (Å²) in [5.41, 5.74) is 0.554. The van der Waals surface area contributed by atoms with Crippen LogP contribution in [0, 0.1) is 23.2 Å². The lowest BCUT2D eigenvalue weighted by atomic mass is 9.62. The van der Waals surface area contributed by atoms with Crippen molar-refractivity contribution in [1.82, 2.24) is 0 Å². The highest BCUT2D eigenvalue weighted by molar-refractivity contribution is 4.85. The lowest BCUT2D eigenvalue weighted by molar-refractivity contribution is 0.0679. The van der Waals surface area contributed by atoms with E-state index in [1.807, 2.05) is 0 Å². The predicted octanol–water partition coefficient (Wildman–Crippen LogP) is 5.91. The second-order valence-corrected chi connectivity index (χ2v) is 5.83. The molecule has 0 saturated heterocycles. The fourth-order valence-corrected chi connectivity index (χ4v) is 3.47. The van der Waals surface area contributed by atoms with E-state index in [1.54, 1.807) is 0 Å². The monoisotopic (exact) mass is 226 g/mol. The molecule has 16 heavy (non-hydrogen) atoms. The molecule has 0 aromatic carbocycles. The summed E-state index contributed by atoms with van der Waals surface area (Å²) in [5, 5.41) is 0. The lowest BCUT2D eigenvalue weighted by Crippen LogP contribution is -2.34. The molecular formula is C16H34. The summed E-state index contributed by atoms with van der Waals surface area (Å²) in [6.45, 7) is 16.8. The highest BCUT2D eigenvalue weighted by Gasteiger charge is 2.36. The Labute approximate surface area is 104 Å². The molecule has 0 aromatic heterocycles. The molecule has 0 aliphatic heterocycles.